The van der Waals surface area contributed by atoms with Gasteiger partial charge in [0.05, 0.1) is 23.4 Å². The van der Waals surface area contributed by atoms with E-state index in [1.807, 2.05) is 24.4 Å². The van der Waals surface area contributed by atoms with Crippen molar-refractivity contribution >= 4 is 16.6 Å². The maximum Gasteiger partial charge on any atom is 0.0670 e. The van der Waals surface area contributed by atoms with Crippen LogP contribution in [0.1, 0.15) is 18.7 Å². The van der Waals surface area contributed by atoms with E-state index in [1.165, 1.54) is 0 Å². The van der Waals surface area contributed by atoms with E-state index in [0.29, 0.717) is 0 Å². The zero-order chi connectivity index (χ0) is 11.7. The summed E-state index contributed by atoms with van der Waals surface area (Å²) in [6.45, 7) is 2.09. The minimum Gasteiger partial charge on any atom is -0.377 e. The fourth-order valence-corrected chi connectivity index (χ4v) is 1.86. The third kappa shape index (κ3) is 1.87. The number of H-pyrrole nitrogens is 2. The topological polar surface area (TPSA) is 69.4 Å². The molecule has 86 valence electrons. The number of rotatable bonds is 3. The number of aromatic amines is 2. The molecule has 0 spiro atoms. The van der Waals surface area contributed by atoms with Gasteiger partial charge in [0.2, 0.25) is 0 Å². The lowest BCUT2D eigenvalue weighted by atomic mass is 10.2. The Balaban J connectivity index is 1.84. The SMILES string of the molecule is CC(Nc1ccc2cn[nH]c2c1)c1ccn[nH]1. The second-order valence-corrected chi connectivity index (χ2v) is 4.05. The Labute approximate surface area is 98.2 Å². The van der Waals surface area contributed by atoms with Gasteiger partial charge in [-0.3, -0.25) is 10.2 Å². The second-order valence-electron chi connectivity index (χ2n) is 4.05. The van der Waals surface area contributed by atoms with Gasteiger partial charge in [-0.1, -0.05) is 0 Å². The highest BCUT2D eigenvalue weighted by molar-refractivity contribution is 5.81. The van der Waals surface area contributed by atoms with Crippen LogP contribution in [0.3, 0.4) is 0 Å². The molecular formula is C12H13N5. The predicted molar refractivity (Wildman–Crippen MR) is 66.7 cm³/mol. The number of fused-ring (bicyclic) bond motifs is 1. The smallest absolute Gasteiger partial charge is 0.0670 e. The van der Waals surface area contributed by atoms with Gasteiger partial charge < -0.3 is 5.32 Å². The molecule has 1 atom stereocenters. The van der Waals surface area contributed by atoms with E-state index in [2.05, 4.69) is 38.7 Å². The number of anilines is 1. The Morgan fingerprint density at radius 3 is 2.94 bits per heavy atom. The largest absolute Gasteiger partial charge is 0.377 e. The number of nitrogens with zero attached hydrogens (tertiary/aromatic N) is 2. The third-order valence-corrected chi connectivity index (χ3v) is 2.81. The Kier molecular flexibility index (Phi) is 2.29. The van der Waals surface area contributed by atoms with E-state index in [0.717, 1.165) is 22.3 Å². The first kappa shape index (κ1) is 9.89. The van der Waals surface area contributed by atoms with Crippen LogP contribution in [0, 0.1) is 0 Å². The van der Waals surface area contributed by atoms with E-state index in [9.17, 15) is 0 Å². The summed E-state index contributed by atoms with van der Waals surface area (Å²) in [7, 11) is 0. The average molecular weight is 227 g/mol. The van der Waals surface area contributed by atoms with Gasteiger partial charge >= 0.3 is 0 Å². The Bertz CT molecular complexity index is 611. The van der Waals surface area contributed by atoms with Crippen LogP contribution in [-0.2, 0) is 0 Å². The molecular weight excluding hydrogens is 214 g/mol. The van der Waals surface area contributed by atoms with Gasteiger partial charge in [-0.15, -0.1) is 0 Å². The average Bonchev–Trinajstić information content (AvgIpc) is 2.99. The normalized spacial score (nSPS) is 12.8. The molecule has 5 nitrogen and oxygen atoms in total. The molecule has 2 heterocycles. The highest BCUT2D eigenvalue weighted by Gasteiger charge is 2.06. The molecule has 5 heteroatoms. The lowest BCUT2D eigenvalue weighted by molar-refractivity contribution is 0.826. The zero-order valence-electron chi connectivity index (χ0n) is 9.44. The van der Waals surface area contributed by atoms with E-state index < -0.39 is 0 Å². The lowest BCUT2D eigenvalue weighted by Crippen LogP contribution is -2.06. The van der Waals surface area contributed by atoms with Crippen molar-refractivity contribution in [2.75, 3.05) is 5.32 Å². The Morgan fingerprint density at radius 1 is 1.18 bits per heavy atom. The van der Waals surface area contributed by atoms with Crippen molar-refractivity contribution in [1.82, 2.24) is 20.4 Å². The summed E-state index contributed by atoms with van der Waals surface area (Å²) in [4.78, 5) is 0. The molecule has 1 aromatic carbocycles. The molecule has 0 aliphatic carbocycles. The number of aromatic nitrogens is 4. The molecule has 3 N–H and O–H groups in total. The summed E-state index contributed by atoms with van der Waals surface area (Å²) in [6, 6.07) is 8.30. The summed E-state index contributed by atoms with van der Waals surface area (Å²) < 4.78 is 0. The van der Waals surface area contributed by atoms with E-state index >= 15 is 0 Å². The van der Waals surface area contributed by atoms with E-state index in [4.69, 9.17) is 0 Å². The molecule has 3 aromatic rings. The first-order chi connectivity index (χ1) is 8.33. The summed E-state index contributed by atoms with van der Waals surface area (Å²) in [5.41, 5.74) is 3.16. The molecule has 0 saturated heterocycles. The van der Waals surface area contributed by atoms with Gasteiger partial charge in [-0.2, -0.15) is 10.2 Å². The minimum atomic E-state index is 0.192. The highest BCUT2D eigenvalue weighted by Crippen LogP contribution is 2.21. The maximum atomic E-state index is 4.00. The van der Waals surface area contributed by atoms with Crippen LogP contribution in [0.25, 0.3) is 10.9 Å². The van der Waals surface area contributed by atoms with Crippen LogP contribution in [0.15, 0.2) is 36.7 Å². The molecule has 0 fully saturated rings. The van der Waals surface area contributed by atoms with Gasteiger partial charge in [0.25, 0.3) is 0 Å². The predicted octanol–water partition coefficient (Wildman–Crippen LogP) is 2.46. The zero-order valence-corrected chi connectivity index (χ0v) is 9.44. The quantitative estimate of drug-likeness (QED) is 0.643. The first-order valence-corrected chi connectivity index (χ1v) is 5.52. The molecule has 0 aliphatic rings. The van der Waals surface area contributed by atoms with Crippen molar-refractivity contribution in [1.29, 1.82) is 0 Å². The summed E-state index contributed by atoms with van der Waals surface area (Å²) in [5.74, 6) is 0. The summed E-state index contributed by atoms with van der Waals surface area (Å²) in [5, 5.41) is 18.4. The van der Waals surface area contributed by atoms with Crippen molar-refractivity contribution in [2.45, 2.75) is 13.0 Å². The van der Waals surface area contributed by atoms with E-state index in [-0.39, 0.29) is 6.04 Å². The van der Waals surface area contributed by atoms with Crippen molar-refractivity contribution in [3.8, 4) is 0 Å². The number of nitrogens with one attached hydrogen (secondary N) is 3. The number of hydrogen-bond acceptors (Lipinski definition) is 3. The molecule has 0 radical (unpaired) electrons. The first-order valence-electron chi connectivity index (χ1n) is 5.52. The Hall–Kier alpha value is -2.30. The standard InChI is InChI=1S/C12H13N5/c1-8(11-4-5-13-16-11)15-10-3-2-9-7-14-17-12(9)6-10/h2-8,15H,1H3,(H,13,16)(H,14,17). The number of benzene rings is 1. The fourth-order valence-electron chi connectivity index (χ4n) is 1.86. The van der Waals surface area contributed by atoms with Crippen molar-refractivity contribution < 1.29 is 0 Å². The maximum absolute atomic E-state index is 4.00. The van der Waals surface area contributed by atoms with Crippen LogP contribution >= 0.6 is 0 Å². The van der Waals surface area contributed by atoms with Crippen LogP contribution < -0.4 is 5.32 Å². The molecule has 1 unspecified atom stereocenters. The lowest BCUT2D eigenvalue weighted by Gasteiger charge is -2.13. The van der Waals surface area contributed by atoms with Crippen molar-refractivity contribution in [3.05, 3.63) is 42.4 Å². The van der Waals surface area contributed by atoms with Gasteiger partial charge in [0.15, 0.2) is 0 Å². The van der Waals surface area contributed by atoms with E-state index in [1.54, 1.807) is 6.20 Å². The monoisotopic (exact) mass is 227 g/mol. The van der Waals surface area contributed by atoms with Gasteiger partial charge in [-0.25, -0.2) is 0 Å². The summed E-state index contributed by atoms with van der Waals surface area (Å²) >= 11 is 0. The van der Waals surface area contributed by atoms with Gasteiger partial charge in [0, 0.05) is 17.3 Å². The van der Waals surface area contributed by atoms with Crippen LogP contribution in [0.4, 0.5) is 5.69 Å². The molecule has 0 saturated carbocycles. The Morgan fingerprint density at radius 2 is 2.12 bits per heavy atom. The summed E-state index contributed by atoms with van der Waals surface area (Å²) in [6.07, 6.45) is 3.57. The molecule has 0 aliphatic heterocycles. The van der Waals surface area contributed by atoms with Crippen molar-refractivity contribution in [3.63, 3.8) is 0 Å². The van der Waals surface area contributed by atoms with Crippen LogP contribution in [0.2, 0.25) is 0 Å². The van der Waals surface area contributed by atoms with Gasteiger partial charge in [0.1, 0.15) is 0 Å². The third-order valence-electron chi connectivity index (χ3n) is 2.81. The molecule has 0 amide bonds. The fraction of sp³-hybridized carbons (Fsp3) is 0.167. The molecule has 0 bridgehead atoms. The molecule has 2 aromatic heterocycles. The highest BCUT2D eigenvalue weighted by atomic mass is 15.1. The van der Waals surface area contributed by atoms with Crippen molar-refractivity contribution in [2.24, 2.45) is 0 Å². The minimum absolute atomic E-state index is 0.192. The van der Waals surface area contributed by atoms with Gasteiger partial charge in [-0.05, 0) is 31.2 Å². The molecule has 3 rings (SSSR count). The molecule has 17 heavy (non-hydrogen) atoms. The number of hydrogen-bond donors (Lipinski definition) is 3. The van der Waals surface area contributed by atoms with Crippen LogP contribution in [-0.4, -0.2) is 20.4 Å². The second kappa shape index (κ2) is 3.93. The van der Waals surface area contributed by atoms with Crippen LogP contribution in [0.5, 0.6) is 0 Å².